The fourth-order valence-corrected chi connectivity index (χ4v) is 1.86. The second-order valence-electron chi connectivity index (χ2n) is 4.99. The number of hydrogen-bond donors (Lipinski definition) is 1. The summed E-state index contributed by atoms with van der Waals surface area (Å²) < 4.78 is 0. The number of unbranched alkanes of at least 4 members (excludes halogenated alkanes) is 2. The SMILES string of the molecule is C=C(C)CCC(O)CC(C)CCCCC. The number of aliphatic hydroxyl groups excluding tert-OH is 1. The fraction of sp³-hybridized carbons (Fsp3) is 0.857. The van der Waals surface area contributed by atoms with Crippen molar-refractivity contribution in [3.8, 4) is 0 Å². The molecular formula is C14H28O. The first-order chi connectivity index (χ1) is 7.06. The van der Waals surface area contributed by atoms with Crippen LogP contribution in [-0.4, -0.2) is 11.2 Å². The predicted molar refractivity (Wildman–Crippen MR) is 68.0 cm³/mol. The summed E-state index contributed by atoms with van der Waals surface area (Å²) in [4.78, 5) is 0. The second-order valence-corrected chi connectivity index (χ2v) is 4.99. The number of aliphatic hydroxyl groups is 1. The Morgan fingerprint density at radius 1 is 1.27 bits per heavy atom. The van der Waals surface area contributed by atoms with Crippen molar-refractivity contribution in [2.24, 2.45) is 5.92 Å². The summed E-state index contributed by atoms with van der Waals surface area (Å²) >= 11 is 0. The van der Waals surface area contributed by atoms with Gasteiger partial charge in [0.05, 0.1) is 6.10 Å². The molecule has 0 aliphatic rings. The third kappa shape index (κ3) is 9.99. The van der Waals surface area contributed by atoms with Gasteiger partial charge in [-0.25, -0.2) is 0 Å². The minimum atomic E-state index is -0.127. The molecule has 0 aromatic heterocycles. The minimum absolute atomic E-state index is 0.127. The molecule has 0 spiro atoms. The molecule has 0 aliphatic carbocycles. The van der Waals surface area contributed by atoms with Gasteiger partial charge in [0.2, 0.25) is 0 Å². The zero-order chi connectivity index (χ0) is 11.7. The molecule has 2 atom stereocenters. The van der Waals surface area contributed by atoms with Crippen molar-refractivity contribution in [3.05, 3.63) is 12.2 Å². The van der Waals surface area contributed by atoms with E-state index in [1.807, 2.05) is 6.92 Å². The van der Waals surface area contributed by atoms with Crippen molar-refractivity contribution in [2.75, 3.05) is 0 Å². The van der Waals surface area contributed by atoms with E-state index >= 15 is 0 Å². The Bertz CT molecular complexity index is 163. The van der Waals surface area contributed by atoms with Crippen molar-refractivity contribution in [3.63, 3.8) is 0 Å². The third-order valence-electron chi connectivity index (χ3n) is 2.88. The summed E-state index contributed by atoms with van der Waals surface area (Å²) in [6.45, 7) is 10.4. The number of hydrogen-bond acceptors (Lipinski definition) is 1. The van der Waals surface area contributed by atoms with Crippen LogP contribution in [0, 0.1) is 5.92 Å². The quantitative estimate of drug-likeness (QED) is 0.446. The van der Waals surface area contributed by atoms with Gasteiger partial charge in [-0.2, -0.15) is 0 Å². The molecule has 0 fully saturated rings. The summed E-state index contributed by atoms with van der Waals surface area (Å²) in [5.74, 6) is 0.664. The third-order valence-corrected chi connectivity index (χ3v) is 2.88. The fourth-order valence-electron chi connectivity index (χ4n) is 1.86. The van der Waals surface area contributed by atoms with Crippen molar-refractivity contribution in [1.82, 2.24) is 0 Å². The largest absolute Gasteiger partial charge is 0.393 e. The highest BCUT2D eigenvalue weighted by Crippen LogP contribution is 2.18. The molecule has 1 nitrogen and oxygen atoms in total. The maximum Gasteiger partial charge on any atom is 0.0545 e. The monoisotopic (exact) mass is 212 g/mol. The normalized spacial score (nSPS) is 14.9. The van der Waals surface area contributed by atoms with Crippen LogP contribution in [0.1, 0.15) is 65.7 Å². The molecule has 0 radical (unpaired) electrons. The van der Waals surface area contributed by atoms with E-state index < -0.39 is 0 Å². The molecule has 0 bridgehead atoms. The van der Waals surface area contributed by atoms with Gasteiger partial charge in [0.1, 0.15) is 0 Å². The van der Waals surface area contributed by atoms with Crippen LogP contribution in [0.2, 0.25) is 0 Å². The Kier molecular flexibility index (Phi) is 8.79. The molecule has 0 amide bonds. The van der Waals surface area contributed by atoms with E-state index in [-0.39, 0.29) is 6.10 Å². The molecule has 90 valence electrons. The maximum absolute atomic E-state index is 9.78. The Morgan fingerprint density at radius 2 is 1.93 bits per heavy atom. The van der Waals surface area contributed by atoms with Crippen molar-refractivity contribution in [2.45, 2.75) is 71.8 Å². The molecule has 0 saturated heterocycles. The molecule has 1 heteroatoms. The Morgan fingerprint density at radius 3 is 2.47 bits per heavy atom. The van der Waals surface area contributed by atoms with E-state index in [4.69, 9.17) is 0 Å². The van der Waals surface area contributed by atoms with E-state index in [1.165, 1.54) is 31.3 Å². The van der Waals surface area contributed by atoms with Crippen LogP contribution in [0.3, 0.4) is 0 Å². The molecule has 2 unspecified atom stereocenters. The van der Waals surface area contributed by atoms with E-state index in [1.54, 1.807) is 0 Å². The van der Waals surface area contributed by atoms with E-state index in [9.17, 15) is 5.11 Å². The van der Waals surface area contributed by atoms with Crippen LogP contribution in [0.5, 0.6) is 0 Å². The summed E-state index contributed by atoms with van der Waals surface area (Å²) in [5, 5.41) is 9.78. The van der Waals surface area contributed by atoms with Crippen LogP contribution in [0.4, 0.5) is 0 Å². The molecule has 0 aromatic rings. The van der Waals surface area contributed by atoms with E-state index in [0.29, 0.717) is 5.92 Å². The van der Waals surface area contributed by atoms with E-state index in [0.717, 1.165) is 19.3 Å². The molecule has 0 aromatic carbocycles. The molecule has 0 saturated carbocycles. The Balaban J connectivity index is 3.48. The summed E-state index contributed by atoms with van der Waals surface area (Å²) in [7, 11) is 0. The molecule has 0 rings (SSSR count). The highest BCUT2D eigenvalue weighted by Gasteiger charge is 2.09. The molecule has 1 N–H and O–H groups in total. The van der Waals surface area contributed by atoms with Crippen LogP contribution < -0.4 is 0 Å². The molecule has 15 heavy (non-hydrogen) atoms. The highest BCUT2D eigenvalue weighted by molar-refractivity contribution is 4.88. The van der Waals surface area contributed by atoms with Crippen molar-refractivity contribution < 1.29 is 5.11 Å². The summed E-state index contributed by atoms with van der Waals surface area (Å²) in [6, 6.07) is 0. The van der Waals surface area contributed by atoms with Gasteiger partial charge in [-0.05, 0) is 32.1 Å². The molecular weight excluding hydrogens is 184 g/mol. The number of allylic oxidation sites excluding steroid dienone is 1. The molecule has 0 heterocycles. The Hall–Kier alpha value is -0.300. The molecule has 0 aliphatic heterocycles. The van der Waals surface area contributed by atoms with Crippen LogP contribution in [-0.2, 0) is 0 Å². The van der Waals surface area contributed by atoms with Crippen molar-refractivity contribution >= 4 is 0 Å². The lowest BCUT2D eigenvalue weighted by Crippen LogP contribution is -2.11. The zero-order valence-corrected chi connectivity index (χ0v) is 10.8. The summed E-state index contributed by atoms with van der Waals surface area (Å²) in [5.41, 5.74) is 1.17. The smallest absolute Gasteiger partial charge is 0.0545 e. The van der Waals surface area contributed by atoms with Gasteiger partial charge in [-0.15, -0.1) is 6.58 Å². The van der Waals surface area contributed by atoms with Gasteiger partial charge in [-0.3, -0.25) is 0 Å². The van der Waals surface area contributed by atoms with Gasteiger partial charge < -0.3 is 5.11 Å². The van der Waals surface area contributed by atoms with E-state index in [2.05, 4.69) is 20.4 Å². The highest BCUT2D eigenvalue weighted by atomic mass is 16.3. The minimum Gasteiger partial charge on any atom is -0.393 e. The number of rotatable bonds is 9. The zero-order valence-electron chi connectivity index (χ0n) is 10.8. The first kappa shape index (κ1) is 14.7. The first-order valence-electron chi connectivity index (χ1n) is 6.38. The topological polar surface area (TPSA) is 20.2 Å². The van der Waals surface area contributed by atoms with Gasteiger partial charge in [0, 0.05) is 0 Å². The Labute approximate surface area is 95.6 Å². The van der Waals surface area contributed by atoms with Gasteiger partial charge in [-0.1, -0.05) is 45.1 Å². The van der Waals surface area contributed by atoms with Gasteiger partial charge in [0.15, 0.2) is 0 Å². The van der Waals surface area contributed by atoms with Crippen LogP contribution in [0.15, 0.2) is 12.2 Å². The predicted octanol–water partition coefficient (Wildman–Crippen LogP) is 4.31. The lowest BCUT2D eigenvalue weighted by Gasteiger charge is -2.16. The first-order valence-corrected chi connectivity index (χ1v) is 6.38. The van der Waals surface area contributed by atoms with Gasteiger partial charge in [0.25, 0.3) is 0 Å². The van der Waals surface area contributed by atoms with Crippen LogP contribution in [0.25, 0.3) is 0 Å². The lowest BCUT2D eigenvalue weighted by atomic mass is 9.94. The van der Waals surface area contributed by atoms with Crippen LogP contribution >= 0.6 is 0 Å². The van der Waals surface area contributed by atoms with Crippen molar-refractivity contribution in [1.29, 1.82) is 0 Å². The average molecular weight is 212 g/mol. The standard InChI is InChI=1S/C14H28O/c1-5-6-7-8-13(4)11-14(15)10-9-12(2)3/h13-15H,2,5-11H2,1,3-4H3. The summed E-state index contributed by atoms with van der Waals surface area (Å²) in [6.07, 6.45) is 7.85. The lowest BCUT2D eigenvalue weighted by molar-refractivity contribution is 0.134. The maximum atomic E-state index is 9.78. The van der Waals surface area contributed by atoms with Gasteiger partial charge >= 0.3 is 0 Å². The average Bonchev–Trinajstić information content (AvgIpc) is 2.15. The second kappa shape index (κ2) is 8.96.